The van der Waals surface area contributed by atoms with E-state index in [4.69, 9.17) is 56.8 Å². The zero-order valence-electron chi connectivity index (χ0n) is 41.3. The van der Waals surface area contributed by atoms with Gasteiger partial charge in [0, 0.05) is 77.3 Å². The Bertz CT molecular complexity index is 1640. The molecule has 17 heteroatoms. The van der Waals surface area contributed by atoms with Gasteiger partial charge in [0.1, 0.15) is 17.1 Å². The van der Waals surface area contributed by atoms with Crippen LogP contribution in [0.2, 0.25) is 0 Å². The van der Waals surface area contributed by atoms with Crippen molar-refractivity contribution in [2.45, 2.75) is 235 Å². The fourth-order valence-electron chi connectivity index (χ4n) is 13.3. The van der Waals surface area contributed by atoms with Crippen LogP contribution in [0.4, 0.5) is 0 Å². The molecule has 376 valence electrons. The van der Waals surface area contributed by atoms with Crippen LogP contribution in [-0.2, 0) is 61.6 Å². The lowest BCUT2D eigenvalue weighted by Gasteiger charge is -2.58. The molecule has 7 aliphatic rings. The lowest BCUT2D eigenvalue weighted by Crippen LogP contribution is -2.71. The van der Waals surface area contributed by atoms with Gasteiger partial charge < -0.3 is 77.3 Å². The predicted molar refractivity (Wildman–Crippen MR) is 232 cm³/mol. The summed E-state index contributed by atoms with van der Waals surface area (Å²) in [5.74, 6) is -9.40. The third-order valence-electron chi connectivity index (χ3n) is 17.6. The molecule has 7 saturated heterocycles. The maximum atomic E-state index is 12.5. The molecule has 25 atom stereocenters. The lowest BCUT2D eigenvalue weighted by molar-refractivity contribution is -0.403. The average Bonchev–Trinajstić information content (AvgIpc) is 4.00. The minimum Gasteiger partial charge on any atom is -0.481 e. The smallest absolute Gasteiger partial charge is 0.311 e. The van der Waals surface area contributed by atoms with Gasteiger partial charge in [0.05, 0.1) is 79.4 Å². The highest BCUT2D eigenvalue weighted by Gasteiger charge is 2.70. The van der Waals surface area contributed by atoms with E-state index in [-0.39, 0.29) is 66.9 Å². The van der Waals surface area contributed by atoms with E-state index >= 15 is 0 Å². The topological polar surface area (TPSA) is 209 Å². The first-order valence-electron chi connectivity index (χ1n) is 24.3. The van der Waals surface area contributed by atoms with E-state index in [0.29, 0.717) is 32.1 Å². The summed E-state index contributed by atoms with van der Waals surface area (Å²) in [6.45, 7) is 18.5. The largest absolute Gasteiger partial charge is 0.481 e. The number of ether oxygens (including phenoxy) is 12. The van der Waals surface area contributed by atoms with Gasteiger partial charge in [0.25, 0.3) is 0 Å². The molecule has 0 saturated carbocycles. The van der Waals surface area contributed by atoms with Gasteiger partial charge in [0.15, 0.2) is 23.7 Å². The molecule has 4 N–H and O–H groups in total. The van der Waals surface area contributed by atoms with Crippen molar-refractivity contribution < 1.29 is 82.1 Å². The molecule has 17 nitrogen and oxygen atoms in total. The predicted octanol–water partition coefficient (Wildman–Crippen LogP) is 4.56. The second-order valence-corrected chi connectivity index (χ2v) is 21.3. The molecular weight excluding hydrogens is 849 g/mol. The van der Waals surface area contributed by atoms with Crippen LogP contribution >= 0.6 is 0 Å². The Balaban J connectivity index is 1.13. The first-order valence-corrected chi connectivity index (χ1v) is 24.3. The van der Waals surface area contributed by atoms with Gasteiger partial charge in [-0.25, -0.2) is 0 Å². The van der Waals surface area contributed by atoms with Crippen LogP contribution in [-0.4, -0.2) is 169 Å². The second kappa shape index (κ2) is 19.2. The van der Waals surface area contributed by atoms with Crippen molar-refractivity contribution in [2.24, 2.45) is 35.5 Å². The Labute approximate surface area is 386 Å². The van der Waals surface area contributed by atoms with Gasteiger partial charge in [-0.3, -0.25) is 4.79 Å². The van der Waals surface area contributed by atoms with Gasteiger partial charge in [-0.2, -0.15) is 0 Å². The van der Waals surface area contributed by atoms with Gasteiger partial charge >= 0.3 is 5.97 Å². The summed E-state index contributed by atoms with van der Waals surface area (Å²) < 4.78 is 78.8. The molecule has 0 aromatic heterocycles. The fraction of sp³-hybridized carbons (Fsp3) is 0.979. The molecule has 0 aromatic carbocycles. The van der Waals surface area contributed by atoms with Crippen LogP contribution in [0, 0.1) is 35.5 Å². The molecular formula is C48H82O17. The van der Waals surface area contributed by atoms with Crippen LogP contribution < -0.4 is 0 Å². The minimum atomic E-state index is -2.13. The van der Waals surface area contributed by atoms with Crippen molar-refractivity contribution in [3.8, 4) is 0 Å². The maximum Gasteiger partial charge on any atom is 0.311 e. The molecule has 7 heterocycles. The SMILES string of the molecule is CO[C@H]1CC[C@H](O[C@@]2(C)[C@H](C[C@@H]3C[C@@H](OC)[C@@H](C)[C@]4(O3)O[C@](C)([C@H]3CC[C@@H]([C@H]5CC[C@H]([C@H]6O[C@](C)(O)[C@H](C)[C@H](O)[C@@H]6C)O5)O3)[C@H](OC)[C@H]4C)O[C@](O)([C@@H](C)C(=O)O)[C@@H](C)[C@@H]2OC)O[C@@H]1C. The summed E-state index contributed by atoms with van der Waals surface area (Å²) in [5, 5.41) is 44.5. The Morgan fingerprint density at radius 1 is 0.708 bits per heavy atom. The summed E-state index contributed by atoms with van der Waals surface area (Å²) in [4.78, 5) is 12.5. The zero-order valence-corrected chi connectivity index (χ0v) is 41.3. The number of carboxylic acid groups (broad SMARTS) is 1. The number of hydrogen-bond acceptors (Lipinski definition) is 16. The summed E-state index contributed by atoms with van der Waals surface area (Å²) in [6.07, 6.45) is -1.67. The molecule has 0 radical (unpaired) electrons. The molecule has 1 spiro atoms. The van der Waals surface area contributed by atoms with Crippen molar-refractivity contribution in [3.05, 3.63) is 0 Å². The number of carbonyl (C=O) groups is 1. The highest BCUT2D eigenvalue weighted by molar-refractivity contribution is 5.70. The van der Waals surface area contributed by atoms with E-state index in [1.807, 2.05) is 27.7 Å². The first kappa shape index (κ1) is 51.7. The van der Waals surface area contributed by atoms with E-state index in [9.17, 15) is 25.2 Å². The maximum absolute atomic E-state index is 12.5. The van der Waals surface area contributed by atoms with Crippen LogP contribution in [0.25, 0.3) is 0 Å². The molecule has 0 aromatic rings. The normalized spacial score (nSPS) is 54.6. The highest BCUT2D eigenvalue weighted by Crippen LogP contribution is 2.57. The molecule has 0 unspecified atom stereocenters. The average molecular weight is 931 g/mol. The van der Waals surface area contributed by atoms with Crippen molar-refractivity contribution >= 4 is 5.97 Å². The minimum absolute atomic E-state index is 0.0942. The number of aliphatic carboxylic acids is 1. The van der Waals surface area contributed by atoms with E-state index in [0.717, 1.165) is 12.8 Å². The summed E-state index contributed by atoms with van der Waals surface area (Å²) >= 11 is 0. The zero-order chi connectivity index (χ0) is 47.8. The summed E-state index contributed by atoms with van der Waals surface area (Å²) in [5.41, 5.74) is -2.21. The fourth-order valence-corrected chi connectivity index (χ4v) is 13.3. The summed E-state index contributed by atoms with van der Waals surface area (Å²) in [6, 6.07) is 0. The van der Waals surface area contributed by atoms with Crippen LogP contribution in [0.5, 0.6) is 0 Å². The third-order valence-corrected chi connectivity index (χ3v) is 17.6. The Morgan fingerprint density at radius 2 is 1.34 bits per heavy atom. The van der Waals surface area contributed by atoms with Gasteiger partial charge in [-0.15, -0.1) is 0 Å². The second-order valence-electron chi connectivity index (χ2n) is 21.3. The van der Waals surface area contributed by atoms with Crippen LogP contribution in [0.15, 0.2) is 0 Å². The number of rotatable bonds is 13. The molecule has 65 heavy (non-hydrogen) atoms. The number of methoxy groups -OCH3 is 4. The molecule has 7 fully saturated rings. The lowest BCUT2D eigenvalue weighted by atomic mass is 9.71. The van der Waals surface area contributed by atoms with Crippen LogP contribution in [0.3, 0.4) is 0 Å². The number of hydrogen-bond donors (Lipinski definition) is 4. The van der Waals surface area contributed by atoms with Gasteiger partial charge in [-0.1, -0.05) is 34.6 Å². The van der Waals surface area contributed by atoms with E-state index in [1.54, 1.807) is 42.1 Å². The van der Waals surface area contributed by atoms with E-state index in [2.05, 4.69) is 13.8 Å². The number of aliphatic hydroxyl groups excluding tert-OH is 1. The Morgan fingerprint density at radius 3 is 1.95 bits per heavy atom. The number of aliphatic hydroxyl groups is 3. The van der Waals surface area contributed by atoms with Crippen LogP contribution in [0.1, 0.15) is 121 Å². The molecule has 0 aliphatic carbocycles. The molecule has 0 amide bonds. The quantitative estimate of drug-likeness (QED) is 0.200. The van der Waals surface area contributed by atoms with E-state index in [1.165, 1.54) is 14.0 Å². The van der Waals surface area contributed by atoms with Crippen molar-refractivity contribution in [2.75, 3.05) is 28.4 Å². The molecule has 7 rings (SSSR count). The van der Waals surface area contributed by atoms with Gasteiger partial charge in [0.2, 0.25) is 0 Å². The summed E-state index contributed by atoms with van der Waals surface area (Å²) in [7, 11) is 6.56. The van der Waals surface area contributed by atoms with Crippen molar-refractivity contribution in [3.63, 3.8) is 0 Å². The highest BCUT2D eigenvalue weighted by atomic mass is 16.8. The third kappa shape index (κ3) is 8.89. The van der Waals surface area contributed by atoms with Gasteiger partial charge in [-0.05, 0) is 66.7 Å². The monoisotopic (exact) mass is 931 g/mol. The Hall–Kier alpha value is -1.13. The van der Waals surface area contributed by atoms with Crippen molar-refractivity contribution in [1.29, 1.82) is 0 Å². The van der Waals surface area contributed by atoms with Crippen molar-refractivity contribution in [1.82, 2.24) is 0 Å². The Kier molecular flexibility index (Phi) is 15.3. The van der Waals surface area contributed by atoms with E-state index < -0.39 is 95.2 Å². The molecule has 7 aliphatic heterocycles. The first-order chi connectivity index (χ1) is 30.5. The number of carboxylic acids is 1. The molecule has 0 bridgehead atoms. The standard InChI is InChI=1S/C48H82O17/c1-23-39(49)25(3)46(10,52)64-40(23)34-16-15-32(59-34)33-17-19-36(60-33)45(9)42(57-14)27(5)48(65-45)24(2)35(55-12)21-30(61-48)22-37-44(8,63-38-20-18-31(54-11)29(7)58-38)41(56-13)26(4)47(53,62-37)28(6)43(50)51/h23-42,49,52-53H,15-22H2,1-14H3,(H,50,51)/t23-,24+,25+,26-,27+,28-,29+,30-,31-,32+,33-,34+,35+,36+,37-,38-,39+,40-,41-,42+,44-,45+,46-,47-,48-/m0/s1.